The van der Waals surface area contributed by atoms with Crippen LogP contribution in [-0.2, 0) is 4.79 Å². The van der Waals surface area contributed by atoms with Crippen molar-refractivity contribution < 1.29 is 4.79 Å². The van der Waals surface area contributed by atoms with Gasteiger partial charge in [-0.1, -0.05) is 30.3 Å². The molecule has 0 aliphatic heterocycles. The van der Waals surface area contributed by atoms with Crippen molar-refractivity contribution in [1.82, 2.24) is 9.88 Å². The summed E-state index contributed by atoms with van der Waals surface area (Å²) in [4.78, 5) is 21.4. The van der Waals surface area contributed by atoms with E-state index in [0.717, 1.165) is 46.6 Å². The second-order valence-corrected chi connectivity index (χ2v) is 7.49. The van der Waals surface area contributed by atoms with Crippen molar-refractivity contribution in [3.8, 4) is 0 Å². The van der Waals surface area contributed by atoms with Crippen molar-refractivity contribution in [1.29, 1.82) is 0 Å². The highest BCUT2D eigenvalue weighted by molar-refractivity contribution is 6.03. The molecule has 1 amide bonds. The maximum atomic E-state index is 12.3. The predicted molar refractivity (Wildman–Crippen MR) is 122 cm³/mol. The highest BCUT2D eigenvalue weighted by atomic mass is 16.1. The van der Waals surface area contributed by atoms with Crippen LogP contribution < -0.4 is 10.2 Å². The van der Waals surface area contributed by atoms with Crippen LogP contribution in [0.5, 0.6) is 0 Å². The molecule has 3 rings (SSSR count). The number of hydrogen-bond donors (Lipinski definition) is 1. The number of benzene rings is 2. The molecule has 0 saturated heterocycles. The first-order valence-electron chi connectivity index (χ1n) is 9.74. The van der Waals surface area contributed by atoms with Crippen molar-refractivity contribution in [2.24, 2.45) is 0 Å². The highest BCUT2D eigenvalue weighted by Crippen LogP contribution is 2.25. The van der Waals surface area contributed by atoms with E-state index in [1.165, 1.54) is 0 Å². The Kier molecular flexibility index (Phi) is 6.62. The molecule has 2 aromatic carbocycles. The van der Waals surface area contributed by atoms with Gasteiger partial charge in [-0.25, -0.2) is 4.98 Å². The first-order chi connectivity index (χ1) is 13.9. The van der Waals surface area contributed by atoms with E-state index in [1.807, 2.05) is 48.5 Å². The minimum Gasteiger partial charge on any atom is -0.358 e. The lowest BCUT2D eigenvalue weighted by molar-refractivity contribution is -0.111. The van der Waals surface area contributed by atoms with Gasteiger partial charge in [0.25, 0.3) is 0 Å². The quantitative estimate of drug-likeness (QED) is 0.617. The van der Waals surface area contributed by atoms with E-state index in [0.29, 0.717) is 0 Å². The Bertz CT molecular complexity index is 1010. The van der Waals surface area contributed by atoms with Gasteiger partial charge < -0.3 is 15.1 Å². The number of fused-ring (bicyclic) bond motifs is 1. The lowest BCUT2D eigenvalue weighted by Crippen LogP contribution is -2.29. The fourth-order valence-corrected chi connectivity index (χ4v) is 3.03. The number of carbonyl (C=O) groups is 1. The third-order valence-electron chi connectivity index (χ3n) is 4.77. The second-order valence-electron chi connectivity index (χ2n) is 7.49. The number of nitrogens with zero attached hydrogens (tertiary/aromatic N) is 3. The smallest absolute Gasteiger partial charge is 0.248 e. The summed E-state index contributed by atoms with van der Waals surface area (Å²) in [7, 11) is 6.19. The highest BCUT2D eigenvalue weighted by Gasteiger charge is 2.09. The summed E-state index contributed by atoms with van der Waals surface area (Å²) in [5, 5.41) is 3.97. The van der Waals surface area contributed by atoms with Crippen molar-refractivity contribution in [2.75, 3.05) is 44.4 Å². The molecule has 0 saturated carbocycles. The van der Waals surface area contributed by atoms with Gasteiger partial charge >= 0.3 is 0 Å². The number of carbonyl (C=O) groups excluding carboxylic acids is 1. The van der Waals surface area contributed by atoms with Gasteiger partial charge in [-0.3, -0.25) is 4.79 Å². The van der Waals surface area contributed by atoms with Crippen LogP contribution in [0, 0.1) is 6.92 Å². The first kappa shape index (κ1) is 20.6. The molecular formula is C24H28N4O. The SMILES string of the molecule is Cc1cc(N(C)CCN(C)C)nc2ccc(NC(=O)C=Cc3ccccc3)cc12. The minimum atomic E-state index is -0.154. The summed E-state index contributed by atoms with van der Waals surface area (Å²) >= 11 is 0. The van der Waals surface area contributed by atoms with E-state index >= 15 is 0 Å². The standard InChI is InChI=1S/C24H28N4O/c1-18-16-23(28(4)15-14-27(2)3)26-22-12-11-20(17-21(18)22)25-24(29)13-10-19-8-6-5-7-9-19/h5-13,16-17H,14-15H2,1-4H3,(H,25,29). The molecule has 0 atom stereocenters. The number of anilines is 2. The Morgan fingerprint density at radius 2 is 1.79 bits per heavy atom. The van der Waals surface area contributed by atoms with Gasteiger partial charge in [0.05, 0.1) is 5.52 Å². The lowest BCUT2D eigenvalue weighted by Gasteiger charge is -2.21. The zero-order chi connectivity index (χ0) is 20.8. The van der Waals surface area contributed by atoms with E-state index < -0.39 is 0 Å². The van der Waals surface area contributed by atoms with Gasteiger partial charge in [-0.05, 0) is 62.5 Å². The zero-order valence-electron chi connectivity index (χ0n) is 17.5. The van der Waals surface area contributed by atoms with Crippen LogP contribution in [0.3, 0.4) is 0 Å². The van der Waals surface area contributed by atoms with Gasteiger partial charge in [-0.2, -0.15) is 0 Å². The number of pyridine rings is 1. The number of likely N-dealkylation sites (N-methyl/N-ethyl adjacent to an activating group) is 2. The van der Waals surface area contributed by atoms with Crippen LogP contribution >= 0.6 is 0 Å². The van der Waals surface area contributed by atoms with Crippen molar-refractivity contribution in [3.05, 3.63) is 71.8 Å². The average Bonchev–Trinajstić information content (AvgIpc) is 2.71. The minimum absolute atomic E-state index is 0.154. The molecule has 0 unspecified atom stereocenters. The second kappa shape index (κ2) is 9.34. The van der Waals surface area contributed by atoms with Gasteiger partial charge in [0, 0.05) is 37.3 Å². The Labute approximate surface area is 172 Å². The molecule has 0 aliphatic carbocycles. The van der Waals surface area contributed by atoms with E-state index in [4.69, 9.17) is 4.98 Å². The maximum Gasteiger partial charge on any atom is 0.248 e. The molecular weight excluding hydrogens is 360 g/mol. The van der Waals surface area contributed by atoms with Crippen LogP contribution in [0.4, 0.5) is 11.5 Å². The number of rotatable bonds is 7. The molecule has 0 fully saturated rings. The molecule has 5 heteroatoms. The van der Waals surface area contributed by atoms with E-state index in [1.54, 1.807) is 12.2 Å². The summed E-state index contributed by atoms with van der Waals surface area (Å²) in [6.45, 7) is 3.96. The number of hydrogen-bond acceptors (Lipinski definition) is 4. The third kappa shape index (κ3) is 5.65. The summed E-state index contributed by atoms with van der Waals surface area (Å²) < 4.78 is 0. The van der Waals surface area contributed by atoms with Crippen molar-refractivity contribution in [2.45, 2.75) is 6.92 Å². The van der Waals surface area contributed by atoms with Crippen molar-refractivity contribution in [3.63, 3.8) is 0 Å². The van der Waals surface area contributed by atoms with Crippen LogP contribution in [0.1, 0.15) is 11.1 Å². The van der Waals surface area contributed by atoms with Gasteiger partial charge in [-0.15, -0.1) is 0 Å². The third-order valence-corrected chi connectivity index (χ3v) is 4.77. The maximum absolute atomic E-state index is 12.3. The fourth-order valence-electron chi connectivity index (χ4n) is 3.03. The van der Waals surface area contributed by atoms with E-state index in [9.17, 15) is 4.79 Å². The first-order valence-corrected chi connectivity index (χ1v) is 9.74. The summed E-state index contributed by atoms with van der Waals surface area (Å²) in [6.07, 6.45) is 3.35. The fraction of sp³-hybridized carbons (Fsp3) is 0.250. The molecule has 0 bridgehead atoms. The number of amides is 1. The molecule has 0 radical (unpaired) electrons. The Balaban J connectivity index is 1.74. The Hall–Kier alpha value is -3.18. The Morgan fingerprint density at radius 1 is 1.03 bits per heavy atom. The zero-order valence-corrected chi connectivity index (χ0v) is 17.5. The lowest BCUT2D eigenvalue weighted by atomic mass is 10.1. The summed E-state index contributed by atoms with van der Waals surface area (Å²) in [5.74, 6) is 0.804. The largest absolute Gasteiger partial charge is 0.358 e. The Morgan fingerprint density at radius 3 is 2.52 bits per heavy atom. The molecule has 0 spiro atoms. The average molecular weight is 389 g/mol. The number of aromatic nitrogens is 1. The van der Waals surface area contributed by atoms with Crippen LogP contribution in [0.2, 0.25) is 0 Å². The monoisotopic (exact) mass is 388 g/mol. The van der Waals surface area contributed by atoms with E-state index in [-0.39, 0.29) is 5.91 Å². The van der Waals surface area contributed by atoms with Gasteiger partial charge in [0.15, 0.2) is 0 Å². The van der Waals surface area contributed by atoms with Crippen LogP contribution in [-0.4, -0.2) is 50.0 Å². The van der Waals surface area contributed by atoms with Crippen LogP contribution in [0.25, 0.3) is 17.0 Å². The normalized spacial score (nSPS) is 11.3. The molecule has 5 nitrogen and oxygen atoms in total. The molecule has 1 aromatic heterocycles. The molecule has 29 heavy (non-hydrogen) atoms. The summed E-state index contributed by atoms with van der Waals surface area (Å²) in [6, 6.07) is 17.7. The molecule has 1 heterocycles. The van der Waals surface area contributed by atoms with E-state index in [2.05, 4.69) is 49.2 Å². The number of nitrogens with one attached hydrogen (secondary N) is 1. The predicted octanol–water partition coefficient (Wildman–Crippen LogP) is 4.19. The summed E-state index contributed by atoms with van der Waals surface area (Å²) in [5.41, 5.74) is 3.82. The van der Waals surface area contributed by atoms with Gasteiger partial charge in [0.1, 0.15) is 5.82 Å². The molecule has 0 aliphatic rings. The molecule has 3 aromatic rings. The molecule has 150 valence electrons. The van der Waals surface area contributed by atoms with Gasteiger partial charge in [0.2, 0.25) is 5.91 Å². The topological polar surface area (TPSA) is 48.5 Å². The number of aryl methyl sites for hydroxylation is 1. The van der Waals surface area contributed by atoms with Crippen molar-refractivity contribution >= 4 is 34.4 Å². The van der Waals surface area contributed by atoms with Crippen LogP contribution in [0.15, 0.2) is 60.7 Å². The molecule has 1 N–H and O–H groups in total.